The predicted octanol–water partition coefficient (Wildman–Crippen LogP) is 2.45. The number of benzene rings is 1. The van der Waals surface area contributed by atoms with Crippen LogP contribution in [-0.2, 0) is 19.4 Å². The second kappa shape index (κ2) is 7.31. The van der Waals surface area contributed by atoms with Gasteiger partial charge in [0.05, 0.1) is 0 Å². The molecule has 1 unspecified atom stereocenters. The summed E-state index contributed by atoms with van der Waals surface area (Å²) in [6, 6.07) is 7.05. The Morgan fingerprint density at radius 1 is 1.24 bits per heavy atom. The number of likely N-dealkylation sites (N-methyl/N-ethyl adjacent to an activating group) is 1. The highest BCUT2D eigenvalue weighted by Gasteiger charge is 2.15. The van der Waals surface area contributed by atoms with E-state index in [1.807, 2.05) is 23.9 Å². The van der Waals surface area contributed by atoms with Crippen LogP contribution in [0.1, 0.15) is 25.2 Å². The largest absolute Gasteiger partial charge is 0.316 e. The number of halogens is 1. The smallest absolute Gasteiger partial charge is 0.138 e. The Hall–Kier alpha value is -1.75. The first kappa shape index (κ1) is 15.6. The molecule has 1 atom stereocenters. The third-order valence-corrected chi connectivity index (χ3v) is 3.50. The maximum absolute atomic E-state index is 13.8. The summed E-state index contributed by atoms with van der Waals surface area (Å²) in [7, 11) is 1.90. The first-order chi connectivity index (χ1) is 10.1. The lowest BCUT2D eigenvalue weighted by atomic mass is 10.0. The summed E-state index contributed by atoms with van der Waals surface area (Å²) in [6.45, 7) is 5.16. The van der Waals surface area contributed by atoms with Crippen LogP contribution in [0.2, 0.25) is 0 Å². The van der Waals surface area contributed by atoms with Gasteiger partial charge in [0, 0.05) is 19.0 Å². The first-order valence-electron chi connectivity index (χ1n) is 7.37. The summed E-state index contributed by atoms with van der Waals surface area (Å²) in [5.41, 5.74) is 0.728. The normalized spacial score (nSPS) is 12.8. The molecule has 0 saturated heterocycles. The van der Waals surface area contributed by atoms with E-state index < -0.39 is 0 Å². The van der Waals surface area contributed by atoms with E-state index in [0.29, 0.717) is 12.3 Å². The fraction of sp³-hybridized carbons (Fsp3) is 0.500. The van der Waals surface area contributed by atoms with Crippen molar-refractivity contribution >= 4 is 0 Å². The Balaban J connectivity index is 2.06. The summed E-state index contributed by atoms with van der Waals surface area (Å²) in [5, 5.41) is 7.52. The van der Waals surface area contributed by atoms with Gasteiger partial charge in [-0.1, -0.05) is 32.0 Å². The molecule has 4 nitrogen and oxygen atoms in total. The molecule has 1 heterocycles. The maximum Gasteiger partial charge on any atom is 0.138 e. The van der Waals surface area contributed by atoms with Crippen molar-refractivity contribution in [3.63, 3.8) is 0 Å². The molecule has 0 aliphatic rings. The van der Waals surface area contributed by atoms with Crippen molar-refractivity contribution in [1.82, 2.24) is 20.1 Å². The maximum atomic E-state index is 13.8. The van der Waals surface area contributed by atoms with E-state index in [2.05, 4.69) is 29.2 Å². The van der Waals surface area contributed by atoms with Crippen molar-refractivity contribution in [2.75, 3.05) is 7.05 Å². The van der Waals surface area contributed by atoms with Crippen LogP contribution in [0.5, 0.6) is 0 Å². The second-order valence-electron chi connectivity index (χ2n) is 5.74. The molecule has 0 radical (unpaired) electrons. The summed E-state index contributed by atoms with van der Waals surface area (Å²) < 4.78 is 15.7. The van der Waals surface area contributed by atoms with Gasteiger partial charge in [0.25, 0.3) is 0 Å². The van der Waals surface area contributed by atoms with Crippen LogP contribution in [0.4, 0.5) is 4.39 Å². The van der Waals surface area contributed by atoms with Crippen LogP contribution in [-0.4, -0.2) is 27.9 Å². The summed E-state index contributed by atoms with van der Waals surface area (Å²) in [4.78, 5) is 4.34. The Bertz CT molecular complexity index is 565. The third-order valence-electron chi connectivity index (χ3n) is 3.50. The Morgan fingerprint density at radius 3 is 2.67 bits per heavy atom. The zero-order chi connectivity index (χ0) is 15.2. The number of hydrogen-bond acceptors (Lipinski definition) is 3. The van der Waals surface area contributed by atoms with Gasteiger partial charge in [-0.2, -0.15) is 5.10 Å². The number of rotatable bonds is 7. The number of hydrogen-bond donors (Lipinski definition) is 1. The van der Waals surface area contributed by atoms with Crippen LogP contribution in [0.15, 0.2) is 30.6 Å². The summed E-state index contributed by atoms with van der Waals surface area (Å²) in [6.07, 6.45) is 2.96. The molecular formula is C16H23FN4. The van der Waals surface area contributed by atoms with Gasteiger partial charge in [0.1, 0.15) is 18.0 Å². The second-order valence-corrected chi connectivity index (χ2v) is 5.74. The molecule has 0 amide bonds. The van der Waals surface area contributed by atoms with E-state index in [0.717, 1.165) is 24.4 Å². The van der Waals surface area contributed by atoms with Crippen molar-refractivity contribution in [2.24, 2.45) is 5.92 Å². The molecule has 1 aromatic heterocycles. The fourth-order valence-corrected chi connectivity index (χ4v) is 2.37. The van der Waals surface area contributed by atoms with Gasteiger partial charge in [0.2, 0.25) is 0 Å². The van der Waals surface area contributed by atoms with Crippen LogP contribution in [0.25, 0.3) is 0 Å². The molecular weight excluding hydrogens is 267 g/mol. The van der Waals surface area contributed by atoms with Crippen molar-refractivity contribution in [3.05, 3.63) is 47.8 Å². The van der Waals surface area contributed by atoms with Gasteiger partial charge in [-0.15, -0.1) is 0 Å². The average Bonchev–Trinajstić information content (AvgIpc) is 2.86. The van der Waals surface area contributed by atoms with Crippen molar-refractivity contribution in [1.29, 1.82) is 0 Å². The highest BCUT2D eigenvalue weighted by atomic mass is 19.1. The standard InChI is InChI=1S/C16H23FN4/c1-12(2)10-21-16(19-11-20-21)9-14(18-3)8-13-6-4-5-7-15(13)17/h4-7,11-12,14,18H,8-10H2,1-3H3. The predicted molar refractivity (Wildman–Crippen MR) is 81.5 cm³/mol. The Labute approximate surface area is 125 Å². The molecule has 0 fully saturated rings. The van der Waals surface area contributed by atoms with E-state index in [9.17, 15) is 4.39 Å². The minimum atomic E-state index is -0.151. The number of nitrogens with zero attached hydrogens (tertiary/aromatic N) is 3. The zero-order valence-electron chi connectivity index (χ0n) is 12.9. The van der Waals surface area contributed by atoms with Gasteiger partial charge in [-0.05, 0) is 31.0 Å². The van der Waals surface area contributed by atoms with Gasteiger partial charge in [0.15, 0.2) is 0 Å². The number of nitrogens with one attached hydrogen (secondary N) is 1. The van der Waals surface area contributed by atoms with Crippen molar-refractivity contribution < 1.29 is 4.39 Å². The molecule has 2 rings (SSSR count). The lowest BCUT2D eigenvalue weighted by Gasteiger charge is -2.17. The molecule has 0 aliphatic heterocycles. The molecule has 5 heteroatoms. The molecule has 1 N–H and O–H groups in total. The summed E-state index contributed by atoms with van der Waals surface area (Å²) in [5.74, 6) is 1.31. The first-order valence-corrected chi connectivity index (χ1v) is 7.37. The monoisotopic (exact) mass is 290 g/mol. The van der Waals surface area contributed by atoms with Gasteiger partial charge >= 0.3 is 0 Å². The molecule has 2 aromatic rings. The minimum Gasteiger partial charge on any atom is -0.316 e. The molecule has 0 bridgehead atoms. The van der Waals surface area contributed by atoms with E-state index in [1.165, 1.54) is 6.07 Å². The number of aromatic nitrogens is 3. The fourth-order valence-electron chi connectivity index (χ4n) is 2.37. The van der Waals surface area contributed by atoms with Crippen molar-refractivity contribution in [3.8, 4) is 0 Å². The topological polar surface area (TPSA) is 42.7 Å². The van der Waals surface area contributed by atoms with E-state index in [1.54, 1.807) is 12.4 Å². The van der Waals surface area contributed by atoms with Gasteiger partial charge in [-0.25, -0.2) is 14.1 Å². The SMILES string of the molecule is CNC(Cc1ccccc1F)Cc1ncnn1CC(C)C. The molecule has 21 heavy (non-hydrogen) atoms. The van der Waals surface area contributed by atoms with E-state index in [4.69, 9.17) is 0 Å². The lowest BCUT2D eigenvalue weighted by Crippen LogP contribution is -2.31. The highest BCUT2D eigenvalue weighted by molar-refractivity contribution is 5.18. The van der Waals surface area contributed by atoms with Crippen LogP contribution in [0.3, 0.4) is 0 Å². The molecule has 0 saturated carbocycles. The lowest BCUT2D eigenvalue weighted by molar-refractivity contribution is 0.445. The van der Waals surface area contributed by atoms with Crippen LogP contribution in [0, 0.1) is 11.7 Å². The quantitative estimate of drug-likeness (QED) is 0.851. The molecule has 0 aliphatic carbocycles. The minimum absolute atomic E-state index is 0.136. The Morgan fingerprint density at radius 2 is 2.00 bits per heavy atom. The van der Waals surface area contributed by atoms with E-state index in [-0.39, 0.29) is 11.9 Å². The van der Waals surface area contributed by atoms with Crippen LogP contribution >= 0.6 is 0 Å². The highest BCUT2D eigenvalue weighted by Crippen LogP contribution is 2.12. The Kier molecular flexibility index (Phi) is 5.44. The third kappa shape index (κ3) is 4.36. The molecule has 114 valence electrons. The zero-order valence-corrected chi connectivity index (χ0v) is 12.9. The molecule has 1 aromatic carbocycles. The average molecular weight is 290 g/mol. The molecule has 0 spiro atoms. The van der Waals surface area contributed by atoms with Gasteiger partial charge < -0.3 is 5.32 Å². The van der Waals surface area contributed by atoms with Crippen molar-refractivity contribution in [2.45, 2.75) is 39.3 Å². The van der Waals surface area contributed by atoms with Crippen LogP contribution < -0.4 is 5.32 Å². The van der Waals surface area contributed by atoms with Gasteiger partial charge in [-0.3, -0.25) is 0 Å². The van der Waals surface area contributed by atoms with E-state index >= 15 is 0 Å². The summed E-state index contributed by atoms with van der Waals surface area (Å²) >= 11 is 0.